The average Bonchev–Trinajstić information content (AvgIpc) is 2.92. The predicted octanol–water partition coefficient (Wildman–Crippen LogP) is 3.74. The van der Waals surface area contributed by atoms with Crippen LogP contribution in [-0.4, -0.2) is 17.9 Å². The number of aromatic nitrogens is 1. The Morgan fingerprint density at radius 2 is 2.05 bits per heavy atom. The quantitative estimate of drug-likeness (QED) is 0.741. The zero-order valence-electron chi connectivity index (χ0n) is 11.5. The van der Waals surface area contributed by atoms with E-state index in [1.54, 1.807) is 37.6 Å². The van der Waals surface area contributed by atoms with Gasteiger partial charge in [0, 0.05) is 29.1 Å². The van der Waals surface area contributed by atoms with Crippen LogP contribution in [0.2, 0.25) is 0 Å². The lowest BCUT2D eigenvalue weighted by atomic mass is 10.0. The predicted molar refractivity (Wildman–Crippen MR) is 79.3 cm³/mol. The van der Waals surface area contributed by atoms with Crippen molar-refractivity contribution >= 4 is 16.7 Å². The van der Waals surface area contributed by atoms with E-state index >= 15 is 0 Å². The lowest BCUT2D eigenvalue weighted by molar-refractivity contribution is 0.0993. The first-order valence-electron chi connectivity index (χ1n) is 6.61. The lowest BCUT2D eigenvalue weighted by Crippen LogP contribution is -2.04. The van der Waals surface area contributed by atoms with Crippen LogP contribution in [-0.2, 0) is 6.42 Å². The van der Waals surface area contributed by atoms with Crippen molar-refractivity contribution in [3.8, 4) is 5.75 Å². The van der Waals surface area contributed by atoms with Gasteiger partial charge in [0.05, 0.1) is 7.11 Å². The van der Waals surface area contributed by atoms with Crippen molar-refractivity contribution in [1.29, 1.82) is 0 Å². The maximum absolute atomic E-state index is 13.6. The molecule has 1 heterocycles. The van der Waals surface area contributed by atoms with Crippen LogP contribution in [0.5, 0.6) is 5.75 Å². The fourth-order valence-electron chi connectivity index (χ4n) is 2.37. The summed E-state index contributed by atoms with van der Waals surface area (Å²) in [7, 11) is 1.58. The molecular formula is C17H14FNO2. The molecule has 0 spiro atoms. The van der Waals surface area contributed by atoms with E-state index in [4.69, 9.17) is 4.74 Å². The molecule has 0 aliphatic carbocycles. The number of benzene rings is 2. The van der Waals surface area contributed by atoms with Crippen LogP contribution < -0.4 is 4.74 Å². The van der Waals surface area contributed by atoms with Gasteiger partial charge in [0.2, 0.25) is 0 Å². The molecule has 0 saturated carbocycles. The second-order valence-corrected chi connectivity index (χ2v) is 4.81. The highest BCUT2D eigenvalue weighted by Gasteiger charge is 2.15. The lowest BCUT2D eigenvalue weighted by Gasteiger charge is -2.03. The average molecular weight is 283 g/mol. The molecule has 4 heteroatoms. The van der Waals surface area contributed by atoms with Crippen molar-refractivity contribution in [3.05, 3.63) is 65.6 Å². The van der Waals surface area contributed by atoms with Crippen molar-refractivity contribution in [3.63, 3.8) is 0 Å². The van der Waals surface area contributed by atoms with Gasteiger partial charge in [-0.1, -0.05) is 18.2 Å². The van der Waals surface area contributed by atoms with Crippen LogP contribution in [0.4, 0.5) is 4.39 Å². The van der Waals surface area contributed by atoms with Gasteiger partial charge < -0.3 is 9.72 Å². The second kappa shape index (κ2) is 5.40. The largest absolute Gasteiger partial charge is 0.497 e. The van der Waals surface area contributed by atoms with Gasteiger partial charge in [-0.2, -0.15) is 0 Å². The fourth-order valence-corrected chi connectivity index (χ4v) is 2.37. The molecule has 0 fully saturated rings. The van der Waals surface area contributed by atoms with Crippen LogP contribution in [0.25, 0.3) is 10.9 Å². The van der Waals surface area contributed by atoms with Gasteiger partial charge in [-0.15, -0.1) is 0 Å². The summed E-state index contributed by atoms with van der Waals surface area (Å²) >= 11 is 0. The van der Waals surface area contributed by atoms with Gasteiger partial charge in [-0.25, -0.2) is 4.39 Å². The van der Waals surface area contributed by atoms with Crippen LogP contribution >= 0.6 is 0 Å². The van der Waals surface area contributed by atoms with E-state index in [9.17, 15) is 9.18 Å². The molecule has 2 aromatic carbocycles. The number of aromatic amines is 1. The Hall–Kier alpha value is -2.62. The van der Waals surface area contributed by atoms with E-state index < -0.39 is 0 Å². The molecule has 0 aliphatic rings. The van der Waals surface area contributed by atoms with E-state index in [-0.39, 0.29) is 18.0 Å². The van der Waals surface area contributed by atoms with Crippen molar-refractivity contribution in [2.24, 2.45) is 0 Å². The number of nitrogens with one attached hydrogen (secondary N) is 1. The van der Waals surface area contributed by atoms with Gasteiger partial charge in [0.25, 0.3) is 0 Å². The number of halogens is 1. The zero-order valence-corrected chi connectivity index (χ0v) is 11.5. The molecule has 106 valence electrons. The van der Waals surface area contributed by atoms with E-state index in [1.807, 2.05) is 12.1 Å². The van der Waals surface area contributed by atoms with E-state index in [0.29, 0.717) is 16.9 Å². The minimum atomic E-state index is -0.358. The number of rotatable bonds is 4. The third-order valence-corrected chi connectivity index (χ3v) is 3.50. The second-order valence-electron chi connectivity index (χ2n) is 4.81. The summed E-state index contributed by atoms with van der Waals surface area (Å²) in [4.78, 5) is 15.5. The highest BCUT2D eigenvalue weighted by Crippen LogP contribution is 2.25. The topological polar surface area (TPSA) is 42.1 Å². The van der Waals surface area contributed by atoms with Crippen molar-refractivity contribution in [2.75, 3.05) is 7.11 Å². The number of carbonyl (C=O) groups is 1. The molecule has 3 nitrogen and oxygen atoms in total. The first kappa shape index (κ1) is 13.4. The molecule has 0 unspecified atom stereocenters. The molecule has 0 atom stereocenters. The Morgan fingerprint density at radius 1 is 1.24 bits per heavy atom. The van der Waals surface area contributed by atoms with Crippen molar-refractivity contribution < 1.29 is 13.9 Å². The minimum absolute atomic E-state index is 0.0385. The zero-order chi connectivity index (χ0) is 14.8. The van der Waals surface area contributed by atoms with E-state index in [1.165, 1.54) is 6.07 Å². The molecule has 0 aliphatic heterocycles. The van der Waals surface area contributed by atoms with E-state index in [2.05, 4.69) is 4.98 Å². The number of fused-ring (bicyclic) bond motifs is 1. The number of carbonyl (C=O) groups excluding carboxylic acids is 1. The number of methoxy groups -OCH3 is 1. The third-order valence-electron chi connectivity index (χ3n) is 3.50. The Morgan fingerprint density at radius 3 is 2.81 bits per heavy atom. The molecule has 0 radical (unpaired) electrons. The smallest absolute Gasteiger partial charge is 0.169 e. The number of hydrogen-bond donors (Lipinski definition) is 1. The van der Waals surface area contributed by atoms with Gasteiger partial charge in [0.1, 0.15) is 11.6 Å². The van der Waals surface area contributed by atoms with Gasteiger partial charge in [0.15, 0.2) is 5.78 Å². The monoisotopic (exact) mass is 283 g/mol. The standard InChI is InChI=1S/C17H14FNO2/c1-21-12-6-7-16-13(9-12)14(10-19-16)17(20)8-11-4-2-3-5-15(11)18/h2-7,9-10,19H,8H2,1H3. The highest BCUT2D eigenvalue weighted by atomic mass is 19.1. The summed E-state index contributed by atoms with van der Waals surface area (Å²) in [5.41, 5.74) is 1.81. The number of ketones is 1. The molecule has 1 N–H and O–H groups in total. The number of H-pyrrole nitrogens is 1. The molecule has 21 heavy (non-hydrogen) atoms. The van der Waals surface area contributed by atoms with Crippen LogP contribution in [0.1, 0.15) is 15.9 Å². The summed E-state index contributed by atoms with van der Waals surface area (Å²) in [5.74, 6) is 0.199. The third kappa shape index (κ3) is 2.52. The number of Topliss-reactive ketones (excluding diaryl/α,β-unsaturated/α-hetero) is 1. The molecule has 3 aromatic rings. The molecule has 3 rings (SSSR count). The minimum Gasteiger partial charge on any atom is -0.497 e. The summed E-state index contributed by atoms with van der Waals surface area (Å²) in [6.07, 6.45) is 1.70. The van der Waals surface area contributed by atoms with E-state index in [0.717, 1.165) is 10.9 Å². The van der Waals surface area contributed by atoms with Crippen LogP contribution in [0.3, 0.4) is 0 Å². The summed E-state index contributed by atoms with van der Waals surface area (Å²) in [6.45, 7) is 0. The Balaban J connectivity index is 1.96. The molecule has 0 saturated heterocycles. The Labute approximate surface area is 121 Å². The van der Waals surface area contributed by atoms with Gasteiger partial charge >= 0.3 is 0 Å². The molecule has 1 aromatic heterocycles. The molecular weight excluding hydrogens is 269 g/mol. The maximum Gasteiger partial charge on any atom is 0.169 e. The first-order valence-corrected chi connectivity index (χ1v) is 6.61. The van der Waals surface area contributed by atoms with Crippen LogP contribution in [0.15, 0.2) is 48.7 Å². The summed E-state index contributed by atoms with van der Waals surface area (Å²) in [5, 5.41) is 0.788. The van der Waals surface area contributed by atoms with Crippen molar-refractivity contribution in [1.82, 2.24) is 4.98 Å². The van der Waals surface area contributed by atoms with Crippen molar-refractivity contribution in [2.45, 2.75) is 6.42 Å². The Bertz CT molecular complexity index is 807. The van der Waals surface area contributed by atoms with Crippen LogP contribution in [0, 0.1) is 5.82 Å². The molecule has 0 bridgehead atoms. The maximum atomic E-state index is 13.6. The van der Waals surface area contributed by atoms with Gasteiger partial charge in [-0.05, 0) is 29.8 Å². The summed E-state index contributed by atoms with van der Waals surface area (Å²) in [6, 6.07) is 11.8. The fraction of sp³-hybridized carbons (Fsp3) is 0.118. The SMILES string of the molecule is COc1ccc2[nH]cc(C(=O)Cc3ccccc3F)c2c1. The van der Waals surface area contributed by atoms with Gasteiger partial charge in [-0.3, -0.25) is 4.79 Å². The normalized spacial score (nSPS) is 10.8. The highest BCUT2D eigenvalue weighted by molar-refractivity contribution is 6.08. The number of hydrogen-bond acceptors (Lipinski definition) is 2. The molecule has 0 amide bonds. The summed E-state index contributed by atoms with van der Waals surface area (Å²) < 4.78 is 18.8. The Kier molecular flexibility index (Phi) is 3.44. The number of ether oxygens (including phenoxy) is 1. The first-order chi connectivity index (χ1) is 10.2.